The maximum absolute atomic E-state index is 12.3. The first-order valence-electron chi connectivity index (χ1n) is 8.87. The lowest BCUT2D eigenvalue weighted by Gasteiger charge is -2.26. The van der Waals surface area contributed by atoms with Gasteiger partial charge in [-0.2, -0.15) is 0 Å². The number of rotatable bonds is 7. The largest absolute Gasteiger partial charge is 0.497 e. The Balaban J connectivity index is 1.50. The first kappa shape index (κ1) is 20.2. The molecule has 0 saturated carbocycles. The fourth-order valence-electron chi connectivity index (χ4n) is 2.66. The summed E-state index contributed by atoms with van der Waals surface area (Å²) in [4.78, 5) is 26.3. The van der Waals surface area contributed by atoms with Crippen molar-refractivity contribution in [3.8, 4) is 5.75 Å². The molecule has 2 aromatic rings. The molecule has 0 bridgehead atoms. The summed E-state index contributed by atoms with van der Waals surface area (Å²) in [6, 6.07) is 6.86. The van der Waals surface area contributed by atoms with Crippen molar-refractivity contribution in [1.29, 1.82) is 0 Å². The van der Waals surface area contributed by atoms with Crippen LogP contribution in [0.2, 0.25) is 0 Å². The van der Waals surface area contributed by atoms with E-state index in [4.69, 9.17) is 9.47 Å². The van der Waals surface area contributed by atoms with Gasteiger partial charge in [-0.05, 0) is 24.3 Å². The zero-order valence-electron chi connectivity index (χ0n) is 15.9. The molecular weight excluding hydrogens is 382 g/mol. The van der Waals surface area contributed by atoms with Gasteiger partial charge in [-0.1, -0.05) is 11.8 Å². The van der Waals surface area contributed by atoms with E-state index in [1.165, 1.54) is 11.8 Å². The highest BCUT2D eigenvalue weighted by Crippen LogP contribution is 2.17. The number of amides is 2. The van der Waals surface area contributed by atoms with Crippen LogP contribution in [-0.2, 0) is 23.1 Å². The number of methoxy groups -OCH3 is 1. The van der Waals surface area contributed by atoms with Gasteiger partial charge < -0.3 is 24.3 Å². The Morgan fingerprint density at radius 2 is 1.93 bits per heavy atom. The second kappa shape index (κ2) is 9.56. The highest BCUT2D eigenvalue weighted by atomic mass is 32.2. The number of thioether (sulfide) groups is 1. The third kappa shape index (κ3) is 5.02. The molecule has 1 aromatic heterocycles. The van der Waals surface area contributed by atoms with Crippen molar-refractivity contribution < 1.29 is 19.1 Å². The average Bonchev–Trinajstić information content (AvgIpc) is 3.10. The number of benzene rings is 1. The molecule has 3 rings (SSSR count). The summed E-state index contributed by atoms with van der Waals surface area (Å²) in [7, 11) is 3.39. The number of hydrogen-bond acceptors (Lipinski definition) is 7. The summed E-state index contributed by atoms with van der Waals surface area (Å²) in [5.74, 6) is 1.46. The number of carbonyl (C=O) groups is 2. The molecule has 0 atom stereocenters. The van der Waals surface area contributed by atoms with Gasteiger partial charge in [0, 0.05) is 25.7 Å². The first-order valence-corrected chi connectivity index (χ1v) is 9.86. The first-order chi connectivity index (χ1) is 13.6. The summed E-state index contributed by atoms with van der Waals surface area (Å²) in [6.45, 7) is 2.66. The van der Waals surface area contributed by atoms with Gasteiger partial charge in [0.15, 0.2) is 11.0 Å². The van der Waals surface area contributed by atoms with Gasteiger partial charge in [0.1, 0.15) is 5.75 Å². The Morgan fingerprint density at radius 1 is 1.21 bits per heavy atom. The van der Waals surface area contributed by atoms with E-state index in [2.05, 4.69) is 15.5 Å². The van der Waals surface area contributed by atoms with Crippen LogP contribution in [0.4, 0.5) is 0 Å². The van der Waals surface area contributed by atoms with Crippen molar-refractivity contribution in [2.24, 2.45) is 7.05 Å². The number of morpholine rings is 1. The normalized spacial score (nSPS) is 14.0. The van der Waals surface area contributed by atoms with Crippen LogP contribution in [0.15, 0.2) is 29.4 Å². The predicted octanol–water partition coefficient (Wildman–Crippen LogP) is 0.705. The molecule has 28 heavy (non-hydrogen) atoms. The zero-order chi connectivity index (χ0) is 19.9. The summed E-state index contributed by atoms with van der Waals surface area (Å²) in [6.07, 6.45) is 0. The lowest BCUT2D eigenvalue weighted by molar-refractivity contribution is -0.132. The third-order valence-corrected chi connectivity index (χ3v) is 5.38. The lowest BCUT2D eigenvalue weighted by Crippen LogP contribution is -2.41. The van der Waals surface area contributed by atoms with E-state index in [0.29, 0.717) is 54.3 Å². The maximum atomic E-state index is 12.3. The molecule has 1 saturated heterocycles. The van der Waals surface area contributed by atoms with Crippen LogP contribution in [0, 0.1) is 0 Å². The van der Waals surface area contributed by atoms with Crippen LogP contribution >= 0.6 is 11.8 Å². The molecule has 2 heterocycles. The van der Waals surface area contributed by atoms with Crippen LogP contribution in [-0.4, -0.2) is 70.6 Å². The fourth-order valence-corrected chi connectivity index (χ4v) is 3.49. The highest BCUT2D eigenvalue weighted by molar-refractivity contribution is 7.99. The Hall–Kier alpha value is -2.59. The number of hydrogen-bond donors (Lipinski definition) is 1. The number of nitrogens with zero attached hydrogens (tertiary/aromatic N) is 4. The predicted molar refractivity (Wildman–Crippen MR) is 103 cm³/mol. The Morgan fingerprint density at radius 3 is 2.61 bits per heavy atom. The van der Waals surface area contributed by atoms with E-state index in [1.54, 1.807) is 40.8 Å². The van der Waals surface area contributed by atoms with Gasteiger partial charge in [-0.15, -0.1) is 10.2 Å². The summed E-state index contributed by atoms with van der Waals surface area (Å²) < 4.78 is 12.1. The van der Waals surface area contributed by atoms with Gasteiger partial charge in [0.25, 0.3) is 5.91 Å². The van der Waals surface area contributed by atoms with E-state index >= 15 is 0 Å². The molecule has 0 unspecified atom stereocenters. The second-order valence-electron chi connectivity index (χ2n) is 6.15. The van der Waals surface area contributed by atoms with E-state index < -0.39 is 0 Å². The lowest BCUT2D eigenvalue weighted by atomic mass is 10.2. The highest BCUT2D eigenvalue weighted by Gasteiger charge is 2.18. The maximum Gasteiger partial charge on any atom is 0.251 e. The zero-order valence-corrected chi connectivity index (χ0v) is 16.7. The van der Waals surface area contributed by atoms with Crippen LogP contribution in [0.3, 0.4) is 0 Å². The third-order valence-electron chi connectivity index (χ3n) is 4.37. The molecule has 9 nitrogen and oxygen atoms in total. The minimum atomic E-state index is -0.206. The van der Waals surface area contributed by atoms with E-state index in [9.17, 15) is 9.59 Å². The minimum absolute atomic E-state index is 0.0608. The molecule has 1 aliphatic rings. The summed E-state index contributed by atoms with van der Waals surface area (Å²) in [5, 5.41) is 11.7. The number of carbonyl (C=O) groups excluding carboxylic acids is 2. The van der Waals surface area contributed by atoms with Gasteiger partial charge in [-0.25, -0.2) is 0 Å². The van der Waals surface area contributed by atoms with E-state index in [0.717, 1.165) is 0 Å². The van der Waals surface area contributed by atoms with E-state index in [1.807, 2.05) is 7.05 Å². The van der Waals surface area contributed by atoms with Gasteiger partial charge in [0.2, 0.25) is 5.91 Å². The van der Waals surface area contributed by atoms with Crippen LogP contribution < -0.4 is 10.1 Å². The Kier molecular flexibility index (Phi) is 6.88. The molecule has 2 amide bonds. The van der Waals surface area contributed by atoms with Crippen molar-refractivity contribution in [2.75, 3.05) is 39.2 Å². The molecule has 0 aliphatic carbocycles. The summed E-state index contributed by atoms with van der Waals surface area (Å²) >= 11 is 1.34. The average molecular weight is 405 g/mol. The number of aromatic nitrogens is 3. The quantitative estimate of drug-likeness (QED) is 0.677. The molecule has 1 aliphatic heterocycles. The standard InChI is InChI=1S/C18H23N5O4S/c1-22-15(11-19-17(25)13-3-5-14(26-2)6-4-13)20-21-18(22)28-12-16(24)23-7-9-27-10-8-23/h3-6H,7-12H2,1-2H3,(H,19,25). The van der Waals surface area contributed by atoms with Gasteiger partial charge in [-0.3, -0.25) is 9.59 Å². The topological polar surface area (TPSA) is 98.6 Å². The van der Waals surface area contributed by atoms with Crippen molar-refractivity contribution in [2.45, 2.75) is 11.7 Å². The molecular formula is C18H23N5O4S. The Labute approximate surface area is 167 Å². The van der Waals surface area contributed by atoms with Crippen molar-refractivity contribution in [1.82, 2.24) is 25.0 Å². The molecule has 150 valence electrons. The number of nitrogens with one attached hydrogen (secondary N) is 1. The SMILES string of the molecule is COc1ccc(C(=O)NCc2nnc(SCC(=O)N3CCOCC3)n2C)cc1. The molecule has 10 heteroatoms. The number of ether oxygens (including phenoxy) is 2. The van der Waals surface area contributed by atoms with Crippen LogP contribution in [0.25, 0.3) is 0 Å². The van der Waals surface area contributed by atoms with Crippen molar-refractivity contribution >= 4 is 23.6 Å². The smallest absolute Gasteiger partial charge is 0.251 e. The van der Waals surface area contributed by atoms with Crippen LogP contribution in [0.5, 0.6) is 5.75 Å². The van der Waals surface area contributed by atoms with Crippen molar-refractivity contribution in [3.63, 3.8) is 0 Å². The molecule has 1 N–H and O–H groups in total. The van der Waals surface area contributed by atoms with E-state index in [-0.39, 0.29) is 18.4 Å². The van der Waals surface area contributed by atoms with Gasteiger partial charge in [0.05, 0.1) is 32.6 Å². The Bertz CT molecular complexity index is 818. The molecule has 0 spiro atoms. The monoisotopic (exact) mass is 405 g/mol. The molecule has 1 fully saturated rings. The summed E-state index contributed by atoms with van der Waals surface area (Å²) in [5.41, 5.74) is 0.536. The van der Waals surface area contributed by atoms with Crippen molar-refractivity contribution in [3.05, 3.63) is 35.7 Å². The molecule has 0 radical (unpaired) electrons. The minimum Gasteiger partial charge on any atom is -0.497 e. The second-order valence-corrected chi connectivity index (χ2v) is 7.09. The van der Waals surface area contributed by atoms with Gasteiger partial charge >= 0.3 is 0 Å². The fraction of sp³-hybridized carbons (Fsp3) is 0.444. The van der Waals surface area contributed by atoms with Crippen LogP contribution in [0.1, 0.15) is 16.2 Å². The molecule has 1 aromatic carbocycles.